The molecule has 27 heavy (non-hydrogen) atoms. The zero-order chi connectivity index (χ0) is 19.5. The second-order valence-corrected chi connectivity index (χ2v) is 6.11. The van der Waals surface area contributed by atoms with E-state index < -0.39 is 23.9 Å². The third-order valence-electron chi connectivity index (χ3n) is 4.45. The van der Waals surface area contributed by atoms with Crippen LogP contribution in [0.25, 0.3) is 17.0 Å². The first-order valence-corrected chi connectivity index (χ1v) is 7.81. The van der Waals surface area contributed by atoms with Crippen molar-refractivity contribution in [1.82, 2.24) is 14.6 Å². The first kappa shape index (κ1) is 17.4. The lowest BCUT2D eigenvalue weighted by atomic mass is 10.1. The Kier molecular flexibility index (Phi) is 3.69. The number of likely N-dealkylation sites (N-methyl/N-ethyl adjacent to an activating group) is 1. The predicted molar refractivity (Wildman–Crippen MR) is 85.5 cm³/mol. The smallest absolute Gasteiger partial charge is 0.315 e. The minimum Gasteiger partial charge on any atom is -0.315 e. The molecule has 0 aliphatic carbocycles. The molecule has 2 aromatic heterocycles. The highest BCUT2D eigenvalue weighted by Gasteiger charge is 2.39. The molecule has 1 aromatic carbocycles. The van der Waals surface area contributed by atoms with Crippen molar-refractivity contribution >= 4 is 17.2 Å². The van der Waals surface area contributed by atoms with Gasteiger partial charge in [-0.05, 0) is 35.9 Å². The van der Waals surface area contributed by atoms with Gasteiger partial charge in [0.25, 0.3) is 6.43 Å². The minimum atomic E-state index is -5.02. The van der Waals surface area contributed by atoms with Crippen molar-refractivity contribution in [1.29, 1.82) is 0 Å². The summed E-state index contributed by atoms with van der Waals surface area (Å²) in [5.74, 6) is -0.150. The van der Waals surface area contributed by atoms with Crippen molar-refractivity contribution < 1.29 is 26.7 Å². The van der Waals surface area contributed by atoms with Crippen LogP contribution in [0.3, 0.4) is 0 Å². The normalized spacial score (nSPS) is 14.5. The van der Waals surface area contributed by atoms with Crippen LogP contribution in [0.5, 0.6) is 0 Å². The number of halogens is 5. The molecular weight excluding hydrogens is 371 g/mol. The lowest BCUT2D eigenvalue weighted by Gasteiger charge is -2.13. The van der Waals surface area contributed by atoms with E-state index in [2.05, 4.69) is 10.1 Å². The molecule has 3 aromatic rings. The van der Waals surface area contributed by atoms with Crippen molar-refractivity contribution in [2.75, 3.05) is 11.9 Å². The maximum absolute atomic E-state index is 13.4. The maximum atomic E-state index is 13.4. The summed E-state index contributed by atoms with van der Waals surface area (Å²) in [5.41, 5.74) is -1.12. The van der Waals surface area contributed by atoms with Crippen LogP contribution in [0.2, 0.25) is 0 Å². The summed E-state index contributed by atoms with van der Waals surface area (Å²) < 4.78 is 66.5. The number of hydrogen-bond acceptors (Lipinski definition) is 3. The number of carbonyl (C=O) groups is 1. The van der Waals surface area contributed by atoms with Gasteiger partial charge in [-0.15, -0.1) is 5.10 Å². The highest BCUT2D eigenvalue weighted by molar-refractivity contribution is 6.01. The van der Waals surface area contributed by atoms with E-state index in [1.54, 1.807) is 25.2 Å². The fourth-order valence-electron chi connectivity index (χ4n) is 3.15. The lowest BCUT2D eigenvalue weighted by Crippen LogP contribution is -2.20. The zero-order valence-electron chi connectivity index (χ0n) is 13.8. The van der Waals surface area contributed by atoms with Gasteiger partial charge in [0.05, 0.1) is 6.42 Å². The number of nitrogens with zero attached hydrogens (tertiary/aromatic N) is 4. The van der Waals surface area contributed by atoms with Gasteiger partial charge >= 0.3 is 6.18 Å². The summed E-state index contributed by atoms with van der Waals surface area (Å²) in [6.07, 6.45) is -8.17. The topological polar surface area (TPSA) is 50.5 Å². The molecule has 0 fully saturated rings. The Bertz CT molecular complexity index is 1070. The van der Waals surface area contributed by atoms with E-state index in [0.717, 1.165) is 6.07 Å². The van der Waals surface area contributed by atoms with Crippen LogP contribution >= 0.6 is 0 Å². The highest BCUT2D eigenvalue weighted by Crippen LogP contribution is 2.37. The molecule has 3 heterocycles. The second-order valence-electron chi connectivity index (χ2n) is 6.11. The Morgan fingerprint density at radius 2 is 1.89 bits per heavy atom. The van der Waals surface area contributed by atoms with Gasteiger partial charge in [0, 0.05) is 23.9 Å². The predicted octanol–water partition coefficient (Wildman–Crippen LogP) is 3.87. The molecule has 1 amide bonds. The van der Waals surface area contributed by atoms with Crippen LogP contribution in [-0.2, 0) is 17.4 Å². The number of carbonyl (C=O) groups excluding carboxylic acids is 1. The standard InChI is InChI=1S/C17H11F5N4O/c1-25-11-4-2-8(6-9(11)7-13(25)27)16-23-12-5-3-10(15(18)19)14(17(20,21)22)26(12)24-16/h2-6,15H,7H2,1H3. The molecule has 0 radical (unpaired) electrons. The summed E-state index contributed by atoms with van der Waals surface area (Å²) in [6, 6.07) is 6.61. The maximum Gasteiger partial charge on any atom is 0.433 e. The molecule has 0 saturated carbocycles. The van der Waals surface area contributed by atoms with E-state index >= 15 is 0 Å². The average Bonchev–Trinajstić information content (AvgIpc) is 3.14. The number of fused-ring (bicyclic) bond motifs is 2. The number of alkyl halides is 5. The molecule has 10 heteroatoms. The van der Waals surface area contributed by atoms with E-state index in [4.69, 9.17) is 0 Å². The van der Waals surface area contributed by atoms with Crippen molar-refractivity contribution in [2.24, 2.45) is 0 Å². The molecule has 0 bridgehead atoms. The van der Waals surface area contributed by atoms with Gasteiger partial charge in [0.15, 0.2) is 17.2 Å². The Hall–Kier alpha value is -3.04. The SMILES string of the molecule is CN1C(=O)Cc2cc(-c3nc4ccc(C(F)F)c(C(F)(F)F)n4n3)ccc21. The first-order chi connectivity index (χ1) is 12.7. The van der Waals surface area contributed by atoms with Gasteiger partial charge in [-0.3, -0.25) is 4.79 Å². The van der Waals surface area contributed by atoms with Crippen LogP contribution in [0.1, 0.15) is 23.2 Å². The fourth-order valence-corrected chi connectivity index (χ4v) is 3.15. The Morgan fingerprint density at radius 3 is 2.56 bits per heavy atom. The third-order valence-corrected chi connectivity index (χ3v) is 4.45. The van der Waals surface area contributed by atoms with E-state index in [1.165, 1.54) is 4.90 Å². The van der Waals surface area contributed by atoms with Crippen molar-refractivity contribution in [3.63, 3.8) is 0 Å². The summed E-state index contributed by atoms with van der Waals surface area (Å²) >= 11 is 0. The van der Waals surface area contributed by atoms with E-state index in [-0.39, 0.29) is 23.8 Å². The van der Waals surface area contributed by atoms with E-state index in [9.17, 15) is 26.7 Å². The lowest BCUT2D eigenvalue weighted by molar-refractivity contribution is -0.144. The van der Waals surface area contributed by atoms with E-state index in [1.807, 2.05) is 0 Å². The van der Waals surface area contributed by atoms with Crippen molar-refractivity contribution in [3.05, 3.63) is 47.2 Å². The number of aromatic nitrogens is 3. The number of rotatable bonds is 2. The number of benzene rings is 1. The van der Waals surface area contributed by atoms with Crippen LogP contribution in [-0.4, -0.2) is 27.6 Å². The Labute approximate surface area is 149 Å². The fraction of sp³-hybridized carbons (Fsp3) is 0.235. The molecule has 5 nitrogen and oxygen atoms in total. The molecule has 0 saturated heterocycles. The molecule has 0 N–H and O–H groups in total. The largest absolute Gasteiger partial charge is 0.433 e. The number of pyridine rings is 1. The highest BCUT2D eigenvalue weighted by atomic mass is 19.4. The number of amides is 1. The second kappa shape index (κ2) is 5.73. The molecule has 0 unspecified atom stereocenters. The van der Waals surface area contributed by atoms with E-state index in [0.29, 0.717) is 27.4 Å². The van der Waals surface area contributed by atoms with Crippen molar-refractivity contribution in [3.8, 4) is 11.4 Å². The monoisotopic (exact) mass is 382 g/mol. The van der Waals surface area contributed by atoms with Gasteiger partial charge in [0.2, 0.25) is 5.91 Å². The quantitative estimate of drug-likeness (QED) is 0.633. The molecule has 1 aliphatic rings. The van der Waals surface area contributed by atoms with Crippen LogP contribution in [0.4, 0.5) is 27.6 Å². The third kappa shape index (κ3) is 2.71. The molecule has 4 rings (SSSR count). The molecule has 0 spiro atoms. The molecule has 140 valence electrons. The van der Waals surface area contributed by atoms with Gasteiger partial charge in [-0.1, -0.05) is 0 Å². The average molecular weight is 382 g/mol. The summed E-state index contributed by atoms with van der Waals surface area (Å²) in [7, 11) is 1.62. The number of hydrogen-bond donors (Lipinski definition) is 0. The molecule has 1 aliphatic heterocycles. The summed E-state index contributed by atoms with van der Waals surface area (Å²) in [5, 5.41) is 3.81. The van der Waals surface area contributed by atoms with Crippen LogP contribution in [0, 0.1) is 0 Å². The van der Waals surface area contributed by atoms with Gasteiger partial charge in [-0.25, -0.2) is 18.3 Å². The van der Waals surface area contributed by atoms with Gasteiger partial charge in [0.1, 0.15) is 0 Å². The Balaban J connectivity index is 1.88. The molecule has 0 atom stereocenters. The zero-order valence-corrected chi connectivity index (χ0v) is 13.8. The first-order valence-electron chi connectivity index (χ1n) is 7.81. The van der Waals surface area contributed by atoms with Gasteiger partial charge in [-0.2, -0.15) is 13.2 Å². The summed E-state index contributed by atoms with van der Waals surface area (Å²) in [4.78, 5) is 17.3. The molecular formula is C17H11F5N4O. The Morgan fingerprint density at radius 1 is 1.15 bits per heavy atom. The van der Waals surface area contributed by atoms with Crippen LogP contribution in [0.15, 0.2) is 30.3 Å². The van der Waals surface area contributed by atoms with Crippen LogP contribution < -0.4 is 4.90 Å². The number of anilines is 1. The van der Waals surface area contributed by atoms with Crippen molar-refractivity contribution in [2.45, 2.75) is 19.0 Å². The van der Waals surface area contributed by atoms with Gasteiger partial charge < -0.3 is 4.90 Å². The summed E-state index contributed by atoms with van der Waals surface area (Å²) in [6.45, 7) is 0. The minimum absolute atomic E-state index is 0.0447.